The molecule has 1 aliphatic heterocycles. The van der Waals surface area contributed by atoms with Crippen molar-refractivity contribution in [2.24, 2.45) is 16.8 Å². The number of unbranched alkanes of at least 4 members (excludes halogenated alkanes) is 2. The van der Waals surface area contributed by atoms with Gasteiger partial charge in [-0.3, -0.25) is 19.4 Å². The molecular formula is C45H62N4O9. The van der Waals surface area contributed by atoms with Gasteiger partial charge in [-0.25, -0.2) is 9.59 Å². The van der Waals surface area contributed by atoms with Gasteiger partial charge in [-0.2, -0.15) is 0 Å². The number of hydrogen-bond acceptors (Lipinski definition) is 10. The number of nitrogens with one attached hydrogen (secondary N) is 3. The second-order valence-corrected chi connectivity index (χ2v) is 15.2. The molecule has 0 aromatic heterocycles. The molecule has 58 heavy (non-hydrogen) atoms. The fourth-order valence-corrected chi connectivity index (χ4v) is 6.49. The second-order valence-electron chi connectivity index (χ2n) is 15.2. The van der Waals surface area contributed by atoms with E-state index in [9.17, 15) is 24.0 Å². The van der Waals surface area contributed by atoms with Crippen LogP contribution in [-0.2, 0) is 38.2 Å². The molecule has 2 aromatic rings. The first-order chi connectivity index (χ1) is 27.7. The van der Waals surface area contributed by atoms with E-state index in [-0.39, 0.29) is 30.9 Å². The van der Waals surface area contributed by atoms with Crippen molar-refractivity contribution in [2.45, 2.75) is 111 Å². The fourth-order valence-electron chi connectivity index (χ4n) is 6.49. The number of ether oxygens (including phenoxy) is 4. The Morgan fingerprint density at radius 3 is 2.28 bits per heavy atom. The van der Waals surface area contributed by atoms with Gasteiger partial charge >= 0.3 is 11.9 Å². The highest BCUT2D eigenvalue weighted by molar-refractivity contribution is 6.05. The fraction of sp³-hybridized carbons (Fsp3) is 0.511. The van der Waals surface area contributed by atoms with Gasteiger partial charge in [0.2, 0.25) is 17.7 Å². The van der Waals surface area contributed by atoms with E-state index in [0.717, 1.165) is 36.1 Å². The highest BCUT2D eigenvalue weighted by Gasteiger charge is 2.33. The molecule has 0 aliphatic carbocycles. The quantitative estimate of drug-likeness (QED) is 0.0702. The number of benzene rings is 2. The zero-order chi connectivity index (χ0) is 42.8. The summed E-state index contributed by atoms with van der Waals surface area (Å²) in [5.41, 5.74) is 2.45. The average molecular weight is 803 g/mol. The number of esters is 2. The van der Waals surface area contributed by atoms with Crippen molar-refractivity contribution in [1.29, 1.82) is 0 Å². The third-order valence-electron chi connectivity index (χ3n) is 9.67. The third-order valence-corrected chi connectivity index (χ3v) is 9.67. The highest BCUT2D eigenvalue weighted by Crippen LogP contribution is 2.35. The zero-order valence-electron chi connectivity index (χ0n) is 35.6. The van der Waals surface area contributed by atoms with E-state index in [1.165, 1.54) is 13.2 Å². The Labute approximate surface area is 343 Å². The monoisotopic (exact) mass is 802 g/mol. The van der Waals surface area contributed by atoms with Crippen molar-refractivity contribution in [3.63, 3.8) is 0 Å². The lowest BCUT2D eigenvalue weighted by atomic mass is 9.93. The molecule has 1 heterocycles. The molecule has 13 nitrogen and oxygen atoms in total. The zero-order valence-corrected chi connectivity index (χ0v) is 35.6. The lowest BCUT2D eigenvalue weighted by Gasteiger charge is -2.26. The van der Waals surface area contributed by atoms with Crippen molar-refractivity contribution in [1.82, 2.24) is 16.0 Å². The van der Waals surface area contributed by atoms with Crippen molar-refractivity contribution >= 4 is 46.8 Å². The molecule has 0 spiro atoms. The molecule has 316 valence electrons. The van der Waals surface area contributed by atoms with E-state index in [4.69, 9.17) is 23.9 Å². The molecule has 2 aromatic carbocycles. The third kappa shape index (κ3) is 14.2. The van der Waals surface area contributed by atoms with E-state index < -0.39 is 59.8 Å². The maximum Gasteiger partial charge on any atom is 0.329 e. The van der Waals surface area contributed by atoms with Crippen LogP contribution in [0.15, 0.2) is 71.2 Å². The number of hydrogen-bond donors (Lipinski definition) is 3. The number of amides is 3. The van der Waals surface area contributed by atoms with Crippen LogP contribution in [0.5, 0.6) is 5.75 Å². The molecular weight excluding hydrogens is 741 g/mol. The minimum atomic E-state index is -1.09. The van der Waals surface area contributed by atoms with Gasteiger partial charge < -0.3 is 34.9 Å². The number of methoxy groups -OCH3 is 2. The summed E-state index contributed by atoms with van der Waals surface area (Å²) in [6.45, 7) is 12.1. The molecule has 1 aliphatic rings. The largest absolute Gasteiger partial charge is 0.497 e. The first-order valence-electron chi connectivity index (χ1n) is 20.1. The predicted octanol–water partition coefficient (Wildman–Crippen LogP) is 6.76. The number of rotatable bonds is 21. The van der Waals surface area contributed by atoms with Gasteiger partial charge in [0.15, 0.2) is 0 Å². The van der Waals surface area contributed by atoms with Gasteiger partial charge in [-0.1, -0.05) is 76.4 Å². The number of carbonyl (C=O) groups is 5. The van der Waals surface area contributed by atoms with Crippen molar-refractivity contribution in [2.75, 3.05) is 27.4 Å². The smallest absolute Gasteiger partial charge is 0.329 e. The van der Waals surface area contributed by atoms with Gasteiger partial charge in [0, 0.05) is 23.6 Å². The van der Waals surface area contributed by atoms with Crippen LogP contribution in [0.2, 0.25) is 0 Å². The Balaban J connectivity index is 1.85. The van der Waals surface area contributed by atoms with Crippen LogP contribution in [-0.4, -0.2) is 80.4 Å². The summed E-state index contributed by atoms with van der Waals surface area (Å²) in [6, 6.07) is 13.5. The van der Waals surface area contributed by atoms with E-state index in [1.54, 1.807) is 41.7 Å². The normalized spacial score (nSPS) is 14.8. The number of fused-ring (bicyclic) bond motifs is 1. The van der Waals surface area contributed by atoms with Crippen molar-refractivity contribution < 1.29 is 42.9 Å². The highest BCUT2D eigenvalue weighted by atomic mass is 16.6. The Bertz CT molecular complexity index is 1810. The maximum absolute atomic E-state index is 14.1. The Morgan fingerprint density at radius 2 is 1.66 bits per heavy atom. The first-order valence-corrected chi connectivity index (χ1v) is 20.1. The summed E-state index contributed by atoms with van der Waals surface area (Å²) in [6.07, 6.45) is 7.79. The first kappa shape index (κ1) is 46.9. The Morgan fingerprint density at radius 1 is 0.931 bits per heavy atom. The van der Waals surface area contributed by atoms with Gasteiger partial charge in [-0.05, 0) is 76.6 Å². The topological polar surface area (TPSA) is 171 Å². The van der Waals surface area contributed by atoms with Gasteiger partial charge in [-0.15, -0.1) is 0 Å². The summed E-state index contributed by atoms with van der Waals surface area (Å²) >= 11 is 0. The van der Waals surface area contributed by atoms with Gasteiger partial charge in [0.25, 0.3) is 0 Å². The van der Waals surface area contributed by atoms with Crippen molar-refractivity contribution in [3.05, 3.63) is 77.4 Å². The number of carbonyl (C=O) groups excluding carboxylic acids is 5. The summed E-state index contributed by atoms with van der Waals surface area (Å²) in [7, 11) is 2.85. The van der Waals surface area contributed by atoms with Crippen LogP contribution in [0, 0.1) is 11.8 Å². The number of nitrogens with zero attached hydrogens (tertiary/aromatic N) is 1. The molecule has 0 fully saturated rings. The summed E-state index contributed by atoms with van der Waals surface area (Å²) in [4.78, 5) is 71.6. The van der Waals surface area contributed by atoms with Crippen LogP contribution in [0.4, 0.5) is 5.69 Å². The predicted molar refractivity (Wildman–Crippen MR) is 224 cm³/mol. The molecule has 3 amide bonds. The summed E-state index contributed by atoms with van der Waals surface area (Å²) in [5, 5.41) is 8.11. The van der Waals surface area contributed by atoms with Gasteiger partial charge in [0.1, 0.15) is 29.2 Å². The standard InChI is InChI=1S/C45H62N4O9/c1-10-13-15-18-29(4)40(44(54)56-9)49-39(50)28-46-41(51)32(11-2)33(42(52)48-35(12-3)43(53)58-45(5,6)7)25-26-57-38-24-23-36(30-19-16-14-17-20-30)47-37-27-31(55-8)21-22-34(37)38/h11,14,16-17,19-22,24,27,29,33,35,40H,10,12-13,15,18,23,25-26,28H2,1-9H3,(H,46,51)(H,48,52)(H,49,50)/b32-11+/t29?,33?,35-,40?/m0/s1. The molecule has 3 unspecified atom stereocenters. The number of aliphatic imine (C=N–C) groups is 1. The van der Waals surface area contributed by atoms with Crippen LogP contribution in [0.1, 0.15) is 105 Å². The van der Waals surface area contributed by atoms with E-state index >= 15 is 0 Å². The van der Waals surface area contributed by atoms with E-state index in [2.05, 4.69) is 22.9 Å². The van der Waals surface area contributed by atoms with E-state index in [0.29, 0.717) is 30.0 Å². The minimum Gasteiger partial charge on any atom is -0.497 e. The van der Waals surface area contributed by atoms with E-state index in [1.807, 2.05) is 61.5 Å². The summed E-state index contributed by atoms with van der Waals surface area (Å²) in [5.74, 6) is -3.13. The lowest BCUT2D eigenvalue weighted by Crippen LogP contribution is -2.50. The Kier molecular flexibility index (Phi) is 18.7. The number of allylic oxidation sites excluding steroid dienone is 2. The Hall–Kier alpha value is -5.46. The molecule has 0 saturated carbocycles. The molecule has 3 N–H and O–H groups in total. The molecule has 4 atom stereocenters. The molecule has 0 radical (unpaired) electrons. The average Bonchev–Trinajstić information content (AvgIpc) is 3.38. The van der Waals surface area contributed by atoms with Crippen LogP contribution in [0.3, 0.4) is 0 Å². The summed E-state index contributed by atoms with van der Waals surface area (Å²) < 4.78 is 22.4. The molecule has 0 bridgehead atoms. The van der Waals surface area contributed by atoms with Crippen LogP contribution in [0.25, 0.3) is 5.76 Å². The minimum absolute atomic E-state index is 0.00111. The maximum atomic E-state index is 14.1. The molecule has 0 saturated heterocycles. The second kappa shape index (κ2) is 23.1. The van der Waals surface area contributed by atoms with Crippen LogP contribution >= 0.6 is 0 Å². The van der Waals surface area contributed by atoms with Crippen molar-refractivity contribution in [3.8, 4) is 5.75 Å². The van der Waals surface area contributed by atoms with Gasteiger partial charge in [0.05, 0.1) is 44.7 Å². The molecule has 13 heteroatoms. The van der Waals surface area contributed by atoms with Crippen LogP contribution < -0.4 is 20.7 Å². The molecule has 3 rings (SSSR count). The lowest BCUT2D eigenvalue weighted by molar-refractivity contribution is -0.159. The SMILES string of the molecule is C/C=C(/C(=O)NCC(=O)NC(C(=O)OC)C(C)CCCCC)C(CCOC1=CCC(c2ccccc2)=Nc2cc(OC)ccc21)C(=O)N[C@@H](CC)C(=O)OC(C)(C)C.